The van der Waals surface area contributed by atoms with Crippen LogP contribution in [-0.4, -0.2) is 15.9 Å². The largest absolute Gasteiger partial charge is 0.478 e. The summed E-state index contributed by atoms with van der Waals surface area (Å²) in [5.41, 5.74) is 2.09. The van der Waals surface area contributed by atoms with E-state index in [1.54, 1.807) is 6.08 Å². The Morgan fingerprint density at radius 2 is 2.07 bits per heavy atom. The second-order valence-corrected chi connectivity index (χ2v) is 3.69. The molecule has 14 heavy (non-hydrogen) atoms. The molecule has 0 saturated carbocycles. The fourth-order valence-corrected chi connectivity index (χ4v) is 1.86. The SMILES string of the molecule is O=C(O)C1=CC(=S)Cc2ccccc21. The van der Waals surface area contributed by atoms with Gasteiger partial charge in [0, 0.05) is 11.3 Å². The maximum Gasteiger partial charge on any atom is 0.336 e. The molecule has 0 radical (unpaired) electrons. The van der Waals surface area contributed by atoms with Gasteiger partial charge in [-0.1, -0.05) is 36.5 Å². The molecule has 0 aliphatic heterocycles. The second kappa shape index (κ2) is 3.35. The summed E-state index contributed by atoms with van der Waals surface area (Å²) in [4.78, 5) is 11.6. The molecule has 1 aliphatic carbocycles. The van der Waals surface area contributed by atoms with E-state index in [0.717, 1.165) is 11.1 Å². The van der Waals surface area contributed by atoms with Crippen molar-refractivity contribution >= 4 is 28.6 Å². The third-order valence-corrected chi connectivity index (χ3v) is 2.47. The summed E-state index contributed by atoms with van der Waals surface area (Å²) in [5.74, 6) is -0.917. The van der Waals surface area contributed by atoms with Gasteiger partial charge < -0.3 is 5.11 Å². The molecule has 1 aliphatic rings. The first kappa shape index (κ1) is 9.09. The van der Waals surface area contributed by atoms with Crippen molar-refractivity contribution in [3.63, 3.8) is 0 Å². The lowest BCUT2D eigenvalue weighted by atomic mass is 9.91. The fourth-order valence-electron chi connectivity index (χ4n) is 1.59. The highest BCUT2D eigenvalue weighted by atomic mass is 32.1. The summed E-state index contributed by atoms with van der Waals surface area (Å²) in [7, 11) is 0. The van der Waals surface area contributed by atoms with E-state index < -0.39 is 5.97 Å². The Kier molecular flexibility index (Phi) is 2.17. The topological polar surface area (TPSA) is 37.3 Å². The number of hydrogen-bond donors (Lipinski definition) is 1. The minimum Gasteiger partial charge on any atom is -0.478 e. The van der Waals surface area contributed by atoms with Gasteiger partial charge in [0.2, 0.25) is 0 Å². The van der Waals surface area contributed by atoms with Crippen molar-refractivity contribution in [1.82, 2.24) is 0 Å². The molecule has 0 aromatic heterocycles. The van der Waals surface area contributed by atoms with Gasteiger partial charge in [-0.25, -0.2) is 4.79 Å². The van der Waals surface area contributed by atoms with Gasteiger partial charge in [-0.05, 0) is 17.2 Å². The molecule has 0 unspecified atom stereocenters. The molecule has 2 rings (SSSR count). The van der Waals surface area contributed by atoms with Crippen LogP contribution in [0.4, 0.5) is 0 Å². The first-order valence-electron chi connectivity index (χ1n) is 4.24. The van der Waals surface area contributed by atoms with Gasteiger partial charge >= 0.3 is 5.97 Å². The zero-order valence-corrected chi connectivity index (χ0v) is 8.17. The standard InChI is InChI=1S/C11H8O2S/c12-11(13)10-6-8(14)5-7-3-1-2-4-9(7)10/h1-4,6H,5H2,(H,12,13). The summed E-state index contributed by atoms with van der Waals surface area (Å²) in [6, 6.07) is 7.46. The molecule has 1 aromatic carbocycles. The van der Waals surface area contributed by atoms with Crippen LogP contribution >= 0.6 is 12.2 Å². The van der Waals surface area contributed by atoms with Gasteiger partial charge in [-0.15, -0.1) is 0 Å². The zero-order valence-electron chi connectivity index (χ0n) is 7.36. The van der Waals surface area contributed by atoms with Crippen LogP contribution in [0.2, 0.25) is 0 Å². The van der Waals surface area contributed by atoms with Crippen molar-refractivity contribution in [2.75, 3.05) is 0 Å². The third-order valence-electron chi connectivity index (χ3n) is 2.21. The fraction of sp³-hybridized carbons (Fsp3) is 0.0909. The monoisotopic (exact) mass is 204 g/mol. The maximum absolute atomic E-state index is 10.9. The quantitative estimate of drug-likeness (QED) is 0.712. The smallest absolute Gasteiger partial charge is 0.336 e. The average molecular weight is 204 g/mol. The number of aliphatic carboxylic acids is 1. The van der Waals surface area contributed by atoms with E-state index in [1.165, 1.54) is 0 Å². The zero-order chi connectivity index (χ0) is 10.1. The van der Waals surface area contributed by atoms with Gasteiger partial charge in [-0.2, -0.15) is 0 Å². The number of rotatable bonds is 1. The minimum absolute atomic E-state index is 0.303. The lowest BCUT2D eigenvalue weighted by Gasteiger charge is -2.14. The summed E-state index contributed by atoms with van der Waals surface area (Å²) in [6.07, 6.45) is 2.24. The molecule has 3 heteroatoms. The van der Waals surface area contributed by atoms with E-state index in [1.807, 2.05) is 24.3 Å². The molecule has 2 nitrogen and oxygen atoms in total. The highest BCUT2D eigenvalue weighted by molar-refractivity contribution is 7.80. The lowest BCUT2D eigenvalue weighted by molar-refractivity contribution is -0.130. The maximum atomic E-state index is 10.9. The normalized spacial score (nSPS) is 14.6. The van der Waals surface area contributed by atoms with E-state index in [-0.39, 0.29) is 0 Å². The Bertz CT molecular complexity index is 446. The lowest BCUT2D eigenvalue weighted by Crippen LogP contribution is -2.12. The first-order valence-corrected chi connectivity index (χ1v) is 4.65. The summed E-state index contributed by atoms with van der Waals surface area (Å²) < 4.78 is 0. The number of carboxylic acids is 1. The molecule has 0 heterocycles. The van der Waals surface area contributed by atoms with Crippen LogP contribution in [0, 0.1) is 0 Å². The average Bonchev–Trinajstić information content (AvgIpc) is 2.16. The van der Waals surface area contributed by atoms with E-state index in [4.69, 9.17) is 17.3 Å². The van der Waals surface area contributed by atoms with Gasteiger partial charge in [0.25, 0.3) is 0 Å². The number of carbonyl (C=O) groups is 1. The van der Waals surface area contributed by atoms with Crippen molar-refractivity contribution in [3.05, 3.63) is 41.5 Å². The van der Waals surface area contributed by atoms with Gasteiger partial charge in [-0.3, -0.25) is 0 Å². The molecule has 0 bridgehead atoms. The van der Waals surface area contributed by atoms with E-state index in [2.05, 4.69) is 0 Å². The molecule has 1 aromatic rings. The number of thiocarbonyl (C=S) groups is 1. The molecule has 1 N–H and O–H groups in total. The highest BCUT2D eigenvalue weighted by Gasteiger charge is 2.19. The van der Waals surface area contributed by atoms with Gasteiger partial charge in [0.05, 0.1) is 5.57 Å². The van der Waals surface area contributed by atoms with Crippen molar-refractivity contribution in [2.24, 2.45) is 0 Å². The van der Waals surface area contributed by atoms with Crippen LogP contribution in [0.15, 0.2) is 30.3 Å². The molecule has 70 valence electrons. The molecule has 0 saturated heterocycles. The minimum atomic E-state index is -0.917. The number of fused-ring (bicyclic) bond motifs is 1. The Balaban J connectivity index is 2.61. The predicted octanol–water partition coefficient (Wildman–Crippen LogP) is 2.08. The predicted molar refractivity (Wildman–Crippen MR) is 58.4 cm³/mol. The summed E-state index contributed by atoms with van der Waals surface area (Å²) in [5, 5.41) is 8.97. The van der Waals surface area contributed by atoms with Crippen LogP contribution < -0.4 is 0 Å². The Hall–Kier alpha value is -1.48. The molecule has 0 amide bonds. The number of benzene rings is 1. The summed E-state index contributed by atoms with van der Waals surface area (Å²) >= 11 is 5.04. The third kappa shape index (κ3) is 1.46. The second-order valence-electron chi connectivity index (χ2n) is 3.16. The van der Waals surface area contributed by atoms with Gasteiger partial charge in [0.1, 0.15) is 0 Å². The van der Waals surface area contributed by atoms with E-state index in [0.29, 0.717) is 16.9 Å². The number of hydrogen-bond acceptors (Lipinski definition) is 2. The molecule has 0 atom stereocenters. The van der Waals surface area contributed by atoms with E-state index in [9.17, 15) is 4.79 Å². The van der Waals surface area contributed by atoms with Crippen molar-refractivity contribution in [3.8, 4) is 0 Å². The Labute approximate surface area is 86.9 Å². The van der Waals surface area contributed by atoms with Crippen LogP contribution in [0.25, 0.3) is 5.57 Å². The van der Waals surface area contributed by atoms with Crippen molar-refractivity contribution in [2.45, 2.75) is 6.42 Å². The molecule has 0 spiro atoms. The van der Waals surface area contributed by atoms with E-state index >= 15 is 0 Å². The highest BCUT2D eigenvalue weighted by Crippen LogP contribution is 2.25. The van der Waals surface area contributed by atoms with Crippen molar-refractivity contribution < 1.29 is 9.90 Å². The molecule has 0 fully saturated rings. The van der Waals surface area contributed by atoms with Crippen LogP contribution in [-0.2, 0) is 11.2 Å². The van der Waals surface area contributed by atoms with Gasteiger partial charge in [0.15, 0.2) is 0 Å². The van der Waals surface area contributed by atoms with Crippen molar-refractivity contribution in [1.29, 1.82) is 0 Å². The number of carboxylic acid groups (broad SMARTS) is 1. The Morgan fingerprint density at radius 1 is 1.36 bits per heavy atom. The van der Waals surface area contributed by atoms with Crippen LogP contribution in [0.3, 0.4) is 0 Å². The molecular weight excluding hydrogens is 196 g/mol. The first-order chi connectivity index (χ1) is 6.68. The summed E-state index contributed by atoms with van der Waals surface area (Å²) in [6.45, 7) is 0. The number of allylic oxidation sites excluding steroid dienone is 1. The Morgan fingerprint density at radius 3 is 2.79 bits per heavy atom. The van der Waals surface area contributed by atoms with Crippen LogP contribution in [0.5, 0.6) is 0 Å². The molecular formula is C11H8O2S. The van der Waals surface area contributed by atoms with Crippen LogP contribution in [0.1, 0.15) is 11.1 Å².